The number of rotatable bonds is 4. The van der Waals surface area contributed by atoms with Crippen molar-refractivity contribution >= 4 is 0 Å². The number of hydrogen-bond donors (Lipinski definition) is 1. The molecule has 0 saturated carbocycles. The van der Waals surface area contributed by atoms with Gasteiger partial charge in [0.15, 0.2) is 0 Å². The smallest absolute Gasteiger partial charge is 0.0628 e. The standard InChI is InChI=1S/C12H26N2O/c1-10(2)13(5)12(9-15)6-7-14(8-12)11(3)4/h10-11,15H,6-9H2,1-5H3. The topological polar surface area (TPSA) is 26.7 Å². The Morgan fingerprint density at radius 3 is 2.27 bits per heavy atom. The monoisotopic (exact) mass is 214 g/mol. The zero-order chi connectivity index (χ0) is 11.6. The molecule has 1 atom stereocenters. The maximum Gasteiger partial charge on any atom is 0.0628 e. The molecule has 15 heavy (non-hydrogen) atoms. The fraction of sp³-hybridized carbons (Fsp3) is 1.00. The molecule has 0 aromatic rings. The van der Waals surface area contributed by atoms with E-state index in [9.17, 15) is 5.11 Å². The van der Waals surface area contributed by atoms with Crippen molar-refractivity contribution in [3.05, 3.63) is 0 Å². The SMILES string of the molecule is CC(C)N1CCC(CO)(N(C)C(C)C)C1. The Bertz CT molecular complexity index is 206. The Morgan fingerprint density at radius 1 is 1.33 bits per heavy atom. The molecular formula is C12H26N2O. The second-order valence-corrected chi connectivity index (χ2v) is 5.40. The molecule has 1 heterocycles. The molecule has 0 aromatic heterocycles. The summed E-state index contributed by atoms with van der Waals surface area (Å²) in [5.74, 6) is 0. The number of aliphatic hydroxyl groups excluding tert-OH is 1. The summed E-state index contributed by atoms with van der Waals surface area (Å²) in [5.41, 5.74) is -0.0154. The third-order valence-electron chi connectivity index (χ3n) is 3.91. The summed E-state index contributed by atoms with van der Waals surface area (Å²) in [6.45, 7) is 11.2. The van der Waals surface area contributed by atoms with Gasteiger partial charge in [0.25, 0.3) is 0 Å². The van der Waals surface area contributed by atoms with Crippen molar-refractivity contribution in [1.82, 2.24) is 9.80 Å². The van der Waals surface area contributed by atoms with Crippen molar-refractivity contribution in [2.75, 3.05) is 26.7 Å². The predicted octanol–water partition coefficient (Wildman–Crippen LogP) is 1.17. The number of nitrogens with zero attached hydrogens (tertiary/aromatic N) is 2. The van der Waals surface area contributed by atoms with Crippen molar-refractivity contribution in [3.63, 3.8) is 0 Å². The summed E-state index contributed by atoms with van der Waals surface area (Å²) in [4.78, 5) is 4.78. The fourth-order valence-corrected chi connectivity index (χ4v) is 2.40. The van der Waals surface area contributed by atoms with E-state index in [4.69, 9.17) is 0 Å². The molecule has 0 spiro atoms. The van der Waals surface area contributed by atoms with E-state index in [0.29, 0.717) is 12.1 Å². The van der Waals surface area contributed by atoms with E-state index in [1.165, 1.54) is 0 Å². The molecule has 3 heteroatoms. The second kappa shape index (κ2) is 4.81. The highest BCUT2D eigenvalue weighted by Crippen LogP contribution is 2.29. The average molecular weight is 214 g/mol. The van der Waals surface area contributed by atoms with E-state index >= 15 is 0 Å². The highest BCUT2D eigenvalue weighted by molar-refractivity contribution is 4.99. The lowest BCUT2D eigenvalue weighted by molar-refractivity contribution is 0.0318. The van der Waals surface area contributed by atoms with E-state index in [1.54, 1.807) is 0 Å². The van der Waals surface area contributed by atoms with Crippen LogP contribution in [0, 0.1) is 0 Å². The number of likely N-dealkylation sites (N-methyl/N-ethyl adjacent to an activating group) is 1. The van der Waals surface area contributed by atoms with Gasteiger partial charge >= 0.3 is 0 Å². The molecule has 1 saturated heterocycles. The van der Waals surface area contributed by atoms with Gasteiger partial charge in [0, 0.05) is 25.2 Å². The molecule has 0 radical (unpaired) electrons. The van der Waals surface area contributed by atoms with E-state index < -0.39 is 0 Å². The van der Waals surface area contributed by atoms with Crippen LogP contribution in [0.1, 0.15) is 34.1 Å². The summed E-state index contributed by atoms with van der Waals surface area (Å²) in [5, 5.41) is 9.67. The minimum Gasteiger partial charge on any atom is -0.394 e. The van der Waals surface area contributed by atoms with Gasteiger partial charge in [-0.3, -0.25) is 9.80 Å². The van der Waals surface area contributed by atoms with Crippen LogP contribution in [0.25, 0.3) is 0 Å². The van der Waals surface area contributed by atoms with Crippen LogP contribution in [0.3, 0.4) is 0 Å². The minimum atomic E-state index is -0.0154. The van der Waals surface area contributed by atoms with Crippen LogP contribution in [0.5, 0.6) is 0 Å². The zero-order valence-corrected chi connectivity index (χ0v) is 10.8. The van der Waals surface area contributed by atoms with Gasteiger partial charge < -0.3 is 5.11 Å². The molecule has 1 N–H and O–H groups in total. The van der Waals surface area contributed by atoms with Crippen molar-refractivity contribution in [2.24, 2.45) is 0 Å². The third-order valence-corrected chi connectivity index (χ3v) is 3.91. The molecular weight excluding hydrogens is 188 g/mol. The maximum atomic E-state index is 9.67. The Morgan fingerprint density at radius 2 is 1.93 bits per heavy atom. The van der Waals surface area contributed by atoms with E-state index in [1.807, 2.05) is 0 Å². The van der Waals surface area contributed by atoms with Crippen LogP contribution in [0.4, 0.5) is 0 Å². The van der Waals surface area contributed by atoms with Crippen LogP contribution < -0.4 is 0 Å². The highest BCUT2D eigenvalue weighted by atomic mass is 16.3. The van der Waals surface area contributed by atoms with Gasteiger partial charge in [-0.05, 0) is 41.2 Å². The van der Waals surface area contributed by atoms with Gasteiger partial charge in [0.05, 0.1) is 12.1 Å². The fourth-order valence-electron chi connectivity index (χ4n) is 2.40. The summed E-state index contributed by atoms with van der Waals surface area (Å²) in [6, 6.07) is 1.07. The zero-order valence-electron chi connectivity index (χ0n) is 10.8. The third kappa shape index (κ3) is 2.52. The van der Waals surface area contributed by atoms with Gasteiger partial charge in [-0.15, -0.1) is 0 Å². The molecule has 1 fully saturated rings. The molecule has 0 aromatic carbocycles. The first-order chi connectivity index (χ1) is 6.93. The quantitative estimate of drug-likeness (QED) is 0.761. The van der Waals surface area contributed by atoms with Gasteiger partial charge in [0.2, 0.25) is 0 Å². The number of aliphatic hydroxyl groups is 1. The van der Waals surface area contributed by atoms with Crippen LogP contribution >= 0.6 is 0 Å². The second-order valence-electron chi connectivity index (χ2n) is 5.40. The molecule has 1 aliphatic rings. The lowest BCUT2D eigenvalue weighted by Gasteiger charge is -2.40. The minimum absolute atomic E-state index is 0.0154. The van der Waals surface area contributed by atoms with Crippen LogP contribution in [-0.4, -0.2) is 59.3 Å². The van der Waals surface area contributed by atoms with E-state index in [2.05, 4.69) is 44.5 Å². The van der Waals surface area contributed by atoms with Crippen LogP contribution in [0.2, 0.25) is 0 Å². The molecule has 90 valence electrons. The lowest BCUT2D eigenvalue weighted by Crippen LogP contribution is -2.54. The first kappa shape index (κ1) is 12.9. The predicted molar refractivity (Wildman–Crippen MR) is 64.0 cm³/mol. The molecule has 3 nitrogen and oxygen atoms in total. The summed E-state index contributed by atoms with van der Waals surface area (Å²) in [6.07, 6.45) is 1.08. The normalized spacial score (nSPS) is 28.6. The first-order valence-corrected chi connectivity index (χ1v) is 6.01. The van der Waals surface area contributed by atoms with Crippen molar-refractivity contribution in [2.45, 2.75) is 51.7 Å². The molecule has 0 amide bonds. The van der Waals surface area contributed by atoms with Gasteiger partial charge in [-0.1, -0.05) is 0 Å². The Balaban J connectivity index is 2.72. The lowest BCUT2D eigenvalue weighted by atomic mass is 9.96. The van der Waals surface area contributed by atoms with Gasteiger partial charge in [-0.25, -0.2) is 0 Å². The Kier molecular flexibility index (Phi) is 4.15. The Hall–Kier alpha value is -0.120. The molecule has 0 aliphatic carbocycles. The van der Waals surface area contributed by atoms with Gasteiger partial charge in [0.1, 0.15) is 0 Å². The molecule has 1 unspecified atom stereocenters. The average Bonchev–Trinajstić information content (AvgIpc) is 2.62. The molecule has 0 bridgehead atoms. The van der Waals surface area contributed by atoms with E-state index in [0.717, 1.165) is 19.5 Å². The van der Waals surface area contributed by atoms with Crippen LogP contribution in [-0.2, 0) is 0 Å². The molecule has 1 aliphatic heterocycles. The maximum absolute atomic E-state index is 9.67. The van der Waals surface area contributed by atoms with Crippen molar-refractivity contribution in [1.29, 1.82) is 0 Å². The summed E-state index contributed by atoms with van der Waals surface area (Å²) >= 11 is 0. The van der Waals surface area contributed by atoms with E-state index in [-0.39, 0.29) is 12.1 Å². The highest BCUT2D eigenvalue weighted by Gasteiger charge is 2.42. The first-order valence-electron chi connectivity index (χ1n) is 6.01. The van der Waals surface area contributed by atoms with Crippen molar-refractivity contribution in [3.8, 4) is 0 Å². The van der Waals surface area contributed by atoms with Crippen molar-refractivity contribution < 1.29 is 5.11 Å². The number of hydrogen-bond acceptors (Lipinski definition) is 3. The summed E-state index contributed by atoms with van der Waals surface area (Å²) in [7, 11) is 2.13. The van der Waals surface area contributed by atoms with Gasteiger partial charge in [-0.2, -0.15) is 0 Å². The summed E-state index contributed by atoms with van der Waals surface area (Å²) < 4.78 is 0. The van der Waals surface area contributed by atoms with Crippen LogP contribution in [0.15, 0.2) is 0 Å². The largest absolute Gasteiger partial charge is 0.394 e. The number of likely N-dealkylation sites (tertiary alicyclic amines) is 1. The Labute approximate surface area is 94.1 Å². The molecule has 1 rings (SSSR count).